The van der Waals surface area contributed by atoms with Gasteiger partial charge in [0.05, 0.1) is 13.7 Å². The fourth-order valence-corrected chi connectivity index (χ4v) is 4.42. The summed E-state index contributed by atoms with van der Waals surface area (Å²) in [6.45, 7) is 4.07. The van der Waals surface area contributed by atoms with E-state index in [-0.39, 0.29) is 19.0 Å². The second-order valence-electron chi connectivity index (χ2n) is 7.71. The smallest absolute Gasteiger partial charge is 0.176 e. The number of ketones is 1. The third-order valence-corrected chi connectivity index (χ3v) is 6.02. The first-order valence-corrected chi connectivity index (χ1v) is 10.1. The SMILES string of the molecule is C.COc1ccc2c(c1)C(N1CCN(CC(=O)c3ccc(F)cc3)CC1)CCC2. The van der Waals surface area contributed by atoms with Crippen LogP contribution < -0.4 is 4.74 Å². The van der Waals surface area contributed by atoms with E-state index >= 15 is 0 Å². The first kappa shape index (κ1) is 21.5. The van der Waals surface area contributed by atoms with E-state index in [1.807, 2.05) is 0 Å². The van der Waals surface area contributed by atoms with E-state index in [0.29, 0.717) is 18.2 Å². The van der Waals surface area contributed by atoms with Gasteiger partial charge in [-0.15, -0.1) is 0 Å². The van der Waals surface area contributed by atoms with Crippen LogP contribution in [0.1, 0.15) is 47.8 Å². The Balaban J connectivity index is 0.00000240. The first-order chi connectivity index (χ1) is 13.6. The Labute approximate surface area is 173 Å². The number of benzene rings is 2. The van der Waals surface area contributed by atoms with Gasteiger partial charge in [-0.3, -0.25) is 14.6 Å². The van der Waals surface area contributed by atoms with Crippen molar-refractivity contribution in [2.45, 2.75) is 32.7 Å². The van der Waals surface area contributed by atoms with Gasteiger partial charge in [-0.25, -0.2) is 4.39 Å². The first-order valence-electron chi connectivity index (χ1n) is 10.1. The summed E-state index contributed by atoms with van der Waals surface area (Å²) in [6.07, 6.45) is 3.53. The Morgan fingerprint density at radius 1 is 1.10 bits per heavy atom. The lowest BCUT2D eigenvalue weighted by atomic mass is 9.86. The van der Waals surface area contributed by atoms with Crippen molar-refractivity contribution in [2.75, 3.05) is 39.8 Å². The maximum atomic E-state index is 13.0. The predicted molar refractivity (Wildman–Crippen MR) is 114 cm³/mol. The number of fused-ring (bicyclic) bond motifs is 1. The normalized spacial score (nSPS) is 19.9. The molecule has 2 aromatic carbocycles. The van der Waals surface area contributed by atoms with Crippen LogP contribution in [0.15, 0.2) is 42.5 Å². The summed E-state index contributed by atoms with van der Waals surface area (Å²) in [4.78, 5) is 17.2. The fraction of sp³-hybridized carbons (Fsp3) is 0.458. The molecule has 5 heteroatoms. The Morgan fingerprint density at radius 3 is 2.52 bits per heavy atom. The van der Waals surface area contributed by atoms with E-state index < -0.39 is 0 Å². The molecule has 0 amide bonds. The van der Waals surface area contributed by atoms with Gasteiger partial charge in [-0.1, -0.05) is 13.5 Å². The van der Waals surface area contributed by atoms with Gasteiger partial charge in [0.1, 0.15) is 11.6 Å². The number of Topliss-reactive ketones (excluding diaryl/α,β-unsaturated/α-hetero) is 1. The van der Waals surface area contributed by atoms with Gasteiger partial charge in [0.15, 0.2) is 5.78 Å². The maximum Gasteiger partial charge on any atom is 0.176 e. The molecule has 2 aromatic rings. The number of rotatable bonds is 5. The van der Waals surface area contributed by atoms with Crippen molar-refractivity contribution in [3.8, 4) is 5.75 Å². The maximum absolute atomic E-state index is 13.0. The van der Waals surface area contributed by atoms with Crippen molar-refractivity contribution in [1.82, 2.24) is 9.80 Å². The Hall–Kier alpha value is -2.24. The summed E-state index contributed by atoms with van der Waals surface area (Å²) in [7, 11) is 1.72. The fourth-order valence-electron chi connectivity index (χ4n) is 4.42. The van der Waals surface area contributed by atoms with Gasteiger partial charge in [0.2, 0.25) is 0 Å². The van der Waals surface area contributed by atoms with Crippen molar-refractivity contribution >= 4 is 5.78 Å². The molecule has 0 aromatic heterocycles. The Kier molecular flexibility index (Phi) is 7.04. The average Bonchev–Trinajstić information content (AvgIpc) is 2.74. The van der Waals surface area contributed by atoms with Crippen molar-refractivity contribution in [3.63, 3.8) is 0 Å². The van der Waals surface area contributed by atoms with Crippen LogP contribution in [0.4, 0.5) is 4.39 Å². The van der Waals surface area contributed by atoms with Crippen LogP contribution in [0.5, 0.6) is 5.75 Å². The van der Waals surface area contributed by atoms with Crippen LogP contribution in [-0.4, -0.2) is 55.4 Å². The molecule has 0 radical (unpaired) electrons. The van der Waals surface area contributed by atoms with E-state index in [2.05, 4.69) is 28.0 Å². The molecule has 1 fully saturated rings. The second-order valence-corrected chi connectivity index (χ2v) is 7.71. The minimum absolute atomic E-state index is 0. The van der Waals surface area contributed by atoms with Gasteiger partial charge in [-0.2, -0.15) is 0 Å². The summed E-state index contributed by atoms with van der Waals surface area (Å²) >= 11 is 0. The summed E-state index contributed by atoms with van der Waals surface area (Å²) in [5.41, 5.74) is 3.42. The molecule has 1 aliphatic heterocycles. The second kappa shape index (κ2) is 9.51. The third kappa shape index (κ3) is 4.85. The van der Waals surface area contributed by atoms with E-state index in [4.69, 9.17) is 4.74 Å². The molecule has 0 N–H and O–H groups in total. The monoisotopic (exact) mass is 398 g/mol. The number of halogens is 1. The zero-order valence-corrected chi connectivity index (χ0v) is 16.4. The minimum atomic E-state index is -0.311. The Morgan fingerprint density at radius 2 is 1.83 bits per heavy atom. The molecule has 1 unspecified atom stereocenters. The van der Waals surface area contributed by atoms with Crippen molar-refractivity contribution in [3.05, 3.63) is 65.0 Å². The van der Waals surface area contributed by atoms with E-state index in [9.17, 15) is 9.18 Å². The quantitative estimate of drug-likeness (QED) is 0.701. The topological polar surface area (TPSA) is 32.8 Å². The number of hydrogen-bond donors (Lipinski definition) is 0. The summed E-state index contributed by atoms with van der Waals surface area (Å²) in [5, 5.41) is 0. The highest BCUT2D eigenvalue weighted by Gasteiger charge is 2.29. The van der Waals surface area contributed by atoms with Gasteiger partial charge in [0.25, 0.3) is 0 Å². The molecule has 1 aliphatic carbocycles. The molecular weight excluding hydrogens is 367 g/mol. The van der Waals surface area contributed by atoms with E-state index in [1.165, 1.54) is 36.1 Å². The summed E-state index contributed by atoms with van der Waals surface area (Å²) < 4.78 is 18.5. The molecule has 156 valence electrons. The van der Waals surface area contributed by atoms with Crippen LogP contribution in [0, 0.1) is 5.82 Å². The number of carbonyl (C=O) groups excluding carboxylic acids is 1. The summed E-state index contributed by atoms with van der Waals surface area (Å²) in [5.74, 6) is 0.671. The molecule has 29 heavy (non-hydrogen) atoms. The highest BCUT2D eigenvalue weighted by atomic mass is 19.1. The van der Waals surface area contributed by atoms with E-state index in [1.54, 1.807) is 19.2 Å². The highest BCUT2D eigenvalue weighted by molar-refractivity contribution is 5.97. The molecule has 1 saturated heterocycles. The molecule has 4 nitrogen and oxygen atoms in total. The number of hydrogen-bond acceptors (Lipinski definition) is 4. The minimum Gasteiger partial charge on any atom is -0.497 e. The summed E-state index contributed by atoms with van der Waals surface area (Å²) in [6, 6.07) is 12.7. The molecule has 0 spiro atoms. The molecular formula is C24H31FN2O2. The van der Waals surface area contributed by atoms with E-state index in [0.717, 1.165) is 38.3 Å². The van der Waals surface area contributed by atoms with Crippen LogP contribution in [0.3, 0.4) is 0 Å². The van der Waals surface area contributed by atoms with Gasteiger partial charge >= 0.3 is 0 Å². The zero-order chi connectivity index (χ0) is 19.5. The van der Waals surface area contributed by atoms with Crippen molar-refractivity contribution in [1.29, 1.82) is 0 Å². The van der Waals surface area contributed by atoms with Gasteiger partial charge < -0.3 is 4.74 Å². The lowest BCUT2D eigenvalue weighted by Crippen LogP contribution is -2.49. The lowest BCUT2D eigenvalue weighted by Gasteiger charge is -2.41. The van der Waals surface area contributed by atoms with Crippen LogP contribution in [-0.2, 0) is 6.42 Å². The molecule has 1 atom stereocenters. The van der Waals surface area contributed by atoms with Crippen LogP contribution in [0.2, 0.25) is 0 Å². The lowest BCUT2D eigenvalue weighted by molar-refractivity contribution is 0.0735. The van der Waals surface area contributed by atoms with Gasteiger partial charge in [0, 0.05) is 37.8 Å². The third-order valence-electron chi connectivity index (χ3n) is 6.02. The average molecular weight is 399 g/mol. The predicted octanol–water partition coefficient (Wildman–Crippen LogP) is 4.35. The standard InChI is InChI=1S/C23H27FN2O2.CH4/c1-28-20-10-7-17-3-2-4-22(21(17)15-20)26-13-11-25(12-14-26)16-23(27)18-5-8-19(24)9-6-18;/h5-10,15,22H,2-4,11-14,16H2,1H3;1H4. The van der Waals surface area contributed by atoms with Gasteiger partial charge in [-0.05, 0) is 66.8 Å². The zero-order valence-electron chi connectivity index (χ0n) is 16.4. The molecule has 1 heterocycles. The molecule has 2 aliphatic rings. The molecule has 0 saturated carbocycles. The number of methoxy groups -OCH3 is 1. The number of piperazine rings is 1. The van der Waals surface area contributed by atoms with Crippen molar-refractivity contribution < 1.29 is 13.9 Å². The number of ether oxygens (including phenoxy) is 1. The number of carbonyl (C=O) groups is 1. The Bertz CT molecular complexity index is 829. The van der Waals surface area contributed by atoms with Crippen molar-refractivity contribution in [2.24, 2.45) is 0 Å². The van der Waals surface area contributed by atoms with Crippen LogP contribution in [0.25, 0.3) is 0 Å². The number of nitrogens with zero attached hydrogens (tertiary/aromatic N) is 2. The molecule has 4 rings (SSSR count). The van der Waals surface area contributed by atoms with Crippen LogP contribution >= 0.6 is 0 Å². The largest absolute Gasteiger partial charge is 0.497 e. The molecule has 0 bridgehead atoms. The number of aryl methyl sites for hydroxylation is 1. The highest BCUT2D eigenvalue weighted by Crippen LogP contribution is 2.36.